The molecule has 2 aliphatic rings. The van der Waals surface area contributed by atoms with Crippen LogP contribution in [0.2, 0.25) is 0 Å². The number of likely N-dealkylation sites (tertiary alicyclic amines) is 1. The number of hydrogen-bond donors (Lipinski definition) is 1. The normalized spacial score (nSPS) is 24.8. The van der Waals surface area contributed by atoms with Crippen molar-refractivity contribution in [3.05, 3.63) is 29.8 Å². The summed E-state index contributed by atoms with van der Waals surface area (Å²) in [5, 5.41) is 9.06. The van der Waals surface area contributed by atoms with E-state index in [9.17, 15) is 0 Å². The average molecular weight is 304 g/mol. The van der Waals surface area contributed by atoms with E-state index in [0.29, 0.717) is 6.04 Å². The van der Waals surface area contributed by atoms with Crippen LogP contribution >= 0.6 is 0 Å². The summed E-state index contributed by atoms with van der Waals surface area (Å²) in [5.74, 6) is 0. The highest BCUT2D eigenvalue weighted by Crippen LogP contribution is 2.38. The molecule has 0 saturated carbocycles. The molecule has 2 heterocycles. The summed E-state index contributed by atoms with van der Waals surface area (Å²) < 4.78 is 6.26. The number of aliphatic hydroxyl groups excluding tert-OH is 1. The minimum Gasteiger partial charge on any atom is -0.395 e. The van der Waals surface area contributed by atoms with Crippen molar-refractivity contribution in [2.45, 2.75) is 37.8 Å². The molecule has 4 heteroatoms. The van der Waals surface area contributed by atoms with Gasteiger partial charge >= 0.3 is 0 Å². The molecule has 2 aliphatic heterocycles. The number of likely N-dealkylation sites (N-methyl/N-ethyl adjacent to an activating group) is 1. The topological polar surface area (TPSA) is 35.9 Å². The van der Waals surface area contributed by atoms with Crippen LogP contribution in [-0.2, 0) is 4.74 Å². The van der Waals surface area contributed by atoms with Crippen LogP contribution in [0, 0.1) is 6.92 Å². The molecule has 1 unspecified atom stereocenters. The van der Waals surface area contributed by atoms with Crippen molar-refractivity contribution in [1.29, 1.82) is 0 Å². The fraction of sp³-hybridized carbons (Fsp3) is 0.667. The fourth-order valence-electron chi connectivity index (χ4n) is 3.73. The third-order valence-electron chi connectivity index (χ3n) is 5.36. The predicted octanol–water partition coefficient (Wildman–Crippen LogP) is 2.05. The Bertz CT molecular complexity index is 480. The number of piperidine rings is 1. The van der Waals surface area contributed by atoms with Gasteiger partial charge in [-0.3, -0.25) is 0 Å². The Labute approximate surface area is 133 Å². The first kappa shape index (κ1) is 15.8. The number of rotatable bonds is 4. The van der Waals surface area contributed by atoms with Crippen LogP contribution in [0.25, 0.3) is 0 Å². The zero-order valence-electron chi connectivity index (χ0n) is 13.8. The molecule has 1 aromatic carbocycles. The summed E-state index contributed by atoms with van der Waals surface area (Å²) in [6.45, 7) is 6.08. The predicted molar refractivity (Wildman–Crippen MR) is 89.4 cm³/mol. The Balaban J connectivity index is 1.59. The number of β-amino-alcohol motifs (C(OH)–C–C–N with tert-alkyl or cyclic N) is 1. The van der Waals surface area contributed by atoms with Gasteiger partial charge < -0.3 is 19.6 Å². The fourth-order valence-corrected chi connectivity index (χ4v) is 3.73. The van der Waals surface area contributed by atoms with Gasteiger partial charge in [0.1, 0.15) is 0 Å². The Hall–Kier alpha value is -1.10. The van der Waals surface area contributed by atoms with E-state index in [1.807, 2.05) is 0 Å². The first-order valence-corrected chi connectivity index (χ1v) is 8.39. The standard InChI is InChI=1S/C18H28N2O2/c1-15-3-5-16(6-4-15)19(2)17-13-18(22-14-17)7-9-20(10-8-18)11-12-21/h3-6,17,21H,7-14H2,1-2H3. The third-order valence-corrected chi connectivity index (χ3v) is 5.36. The van der Waals surface area contributed by atoms with Crippen molar-refractivity contribution in [2.24, 2.45) is 0 Å². The highest BCUT2D eigenvalue weighted by atomic mass is 16.5. The second-order valence-electron chi connectivity index (χ2n) is 6.86. The molecule has 1 aromatic rings. The van der Waals surface area contributed by atoms with Gasteiger partial charge in [0.05, 0.1) is 24.9 Å². The molecular formula is C18H28N2O2. The molecule has 0 radical (unpaired) electrons. The zero-order chi connectivity index (χ0) is 15.6. The third kappa shape index (κ3) is 3.29. The molecule has 22 heavy (non-hydrogen) atoms. The quantitative estimate of drug-likeness (QED) is 0.923. The van der Waals surface area contributed by atoms with Gasteiger partial charge in [-0.2, -0.15) is 0 Å². The van der Waals surface area contributed by atoms with Crippen molar-refractivity contribution in [2.75, 3.05) is 44.8 Å². The highest BCUT2D eigenvalue weighted by molar-refractivity contribution is 5.48. The van der Waals surface area contributed by atoms with Gasteiger partial charge in [0, 0.05) is 32.4 Å². The molecule has 0 aromatic heterocycles. The summed E-state index contributed by atoms with van der Waals surface area (Å²) in [5.41, 5.74) is 2.64. The van der Waals surface area contributed by atoms with Gasteiger partial charge in [-0.05, 0) is 38.3 Å². The lowest BCUT2D eigenvalue weighted by molar-refractivity contribution is -0.0451. The van der Waals surface area contributed by atoms with E-state index in [4.69, 9.17) is 9.84 Å². The number of hydrogen-bond acceptors (Lipinski definition) is 4. The lowest BCUT2D eigenvalue weighted by Crippen LogP contribution is -2.45. The molecule has 0 aliphatic carbocycles. The highest BCUT2D eigenvalue weighted by Gasteiger charge is 2.43. The number of nitrogens with zero attached hydrogens (tertiary/aromatic N) is 2. The molecule has 0 amide bonds. The number of aliphatic hydroxyl groups is 1. The van der Waals surface area contributed by atoms with Crippen LogP contribution in [0.15, 0.2) is 24.3 Å². The summed E-state index contributed by atoms with van der Waals surface area (Å²) in [6, 6.07) is 9.20. The van der Waals surface area contributed by atoms with Gasteiger partial charge in [0.2, 0.25) is 0 Å². The van der Waals surface area contributed by atoms with Crippen LogP contribution < -0.4 is 4.90 Å². The Morgan fingerprint density at radius 3 is 2.59 bits per heavy atom. The smallest absolute Gasteiger partial charge is 0.0728 e. The monoisotopic (exact) mass is 304 g/mol. The zero-order valence-corrected chi connectivity index (χ0v) is 13.8. The second kappa shape index (κ2) is 6.57. The van der Waals surface area contributed by atoms with Gasteiger partial charge in [0.15, 0.2) is 0 Å². The summed E-state index contributed by atoms with van der Waals surface area (Å²) >= 11 is 0. The van der Waals surface area contributed by atoms with Crippen LogP contribution in [0.3, 0.4) is 0 Å². The van der Waals surface area contributed by atoms with Crippen molar-refractivity contribution in [3.63, 3.8) is 0 Å². The molecule has 2 saturated heterocycles. The van der Waals surface area contributed by atoms with Gasteiger partial charge in [-0.25, -0.2) is 0 Å². The average Bonchev–Trinajstić information content (AvgIpc) is 2.94. The molecular weight excluding hydrogens is 276 g/mol. The summed E-state index contributed by atoms with van der Waals surface area (Å²) in [7, 11) is 2.18. The van der Waals surface area contributed by atoms with Gasteiger partial charge in [-0.1, -0.05) is 17.7 Å². The summed E-state index contributed by atoms with van der Waals surface area (Å²) in [6.07, 6.45) is 3.29. The van der Waals surface area contributed by atoms with Crippen molar-refractivity contribution >= 4 is 5.69 Å². The van der Waals surface area contributed by atoms with Crippen LogP contribution in [-0.4, -0.2) is 61.5 Å². The lowest BCUT2D eigenvalue weighted by atomic mass is 9.87. The first-order valence-electron chi connectivity index (χ1n) is 8.39. The Kier molecular flexibility index (Phi) is 4.71. The molecule has 122 valence electrons. The van der Waals surface area contributed by atoms with E-state index in [-0.39, 0.29) is 12.2 Å². The van der Waals surface area contributed by atoms with Crippen LogP contribution in [0.5, 0.6) is 0 Å². The van der Waals surface area contributed by atoms with Gasteiger partial charge in [-0.15, -0.1) is 0 Å². The number of benzene rings is 1. The molecule has 1 N–H and O–H groups in total. The van der Waals surface area contributed by atoms with Gasteiger partial charge in [0.25, 0.3) is 0 Å². The number of ether oxygens (including phenoxy) is 1. The first-order chi connectivity index (χ1) is 10.6. The van der Waals surface area contributed by atoms with Crippen molar-refractivity contribution in [1.82, 2.24) is 4.90 Å². The molecule has 2 fully saturated rings. The van der Waals surface area contributed by atoms with Crippen molar-refractivity contribution < 1.29 is 9.84 Å². The number of aryl methyl sites for hydroxylation is 1. The van der Waals surface area contributed by atoms with E-state index in [1.54, 1.807) is 0 Å². The summed E-state index contributed by atoms with van der Waals surface area (Å²) in [4.78, 5) is 4.71. The molecule has 3 rings (SSSR count). The van der Waals surface area contributed by atoms with Crippen LogP contribution in [0.4, 0.5) is 5.69 Å². The van der Waals surface area contributed by atoms with E-state index in [1.165, 1.54) is 11.3 Å². The SMILES string of the molecule is Cc1ccc(N(C)C2COC3(CCN(CCO)CC3)C2)cc1. The van der Waals surface area contributed by atoms with E-state index < -0.39 is 0 Å². The lowest BCUT2D eigenvalue weighted by Gasteiger charge is -2.38. The molecule has 0 bridgehead atoms. The molecule has 1 spiro atoms. The minimum absolute atomic E-state index is 0.0651. The Morgan fingerprint density at radius 2 is 1.95 bits per heavy atom. The minimum atomic E-state index is 0.0651. The molecule has 4 nitrogen and oxygen atoms in total. The Morgan fingerprint density at radius 1 is 1.27 bits per heavy atom. The maximum absolute atomic E-state index is 9.06. The number of anilines is 1. The maximum atomic E-state index is 9.06. The van der Waals surface area contributed by atoms with E-state index in [0.717, 1.165) is 45.5 Å². The van der Waals surface area contributed by atoms with E-state index in [2.05, 4.69) is 48.0 Å². The largest absolute Gasteiger partial charge is 0.395 e. The van der Waals surface area contributed by atoms with Crippen molar-refractivity contribution in [3.8, 4) is 0 Å². The molecule has 1 atom stereocenters. The maximum Gasteiger partial charge on any atom is 0.0728 e. The van der Waals surface area contributed by atoms with E-state index >= 15 is 0 Å². The second-order valence-corrected chi connectivity index (χ2v) is 6.86. The van der Waals surface area contributed by atoms with Crippen LogP contribution in [0.1, 0.15) is 24.8 Å².